The van der Waals surface area contributed by atoms with Crippen molar-refractivity contribution in [2.24, 2.45) is 5.10 Å². The quantitative estimate of drug-likeness (QED) is 0.0794. The smallest absolute Gasteiger partial charge is 0.343 e. The van der Waals surface area contributed by atoms with Crippen LogP contribution < -0.4 is 10.2 Å². The van der Waals surface area contributed by atoms with E-state index in [0.29, 0.717) is 32.9 Å². The summed E-state index contributed by atoms with van der Waals surface area (Å²) in [4.78, 5) is 29.1. The minimum Gasteiger partial charge on any atom is -0.422 e. The number of hydrogen-bond donors (Lipinski definition) is 2. The van der Waals surface area contributed by atoms with Gasteiger partial charge in [-0.1, -0.05) is 89.7 Å². The number of rotatable bonds is 6. The molecule has 1 amide bonds. The first kappa shape index (κ1) is 27.3. The van der Waals surface area contributed by atoms with E-state index in [9.17, 15) is 9.59 Å². The van der Waals surface area contributed by atoms with E-state index in [1.165, 1.54) is 6.21 Å². The number of carbonyl (C=O) groups excluding carboxylic acids is 2. The van der Waals surface area contributed by atoms with Crippen LogP contribution in [0.2, 0.25) is 5.02 Å². The van der Waals surface area contributed by atoms with E-state index in [1.807, 2.05) is 36.4 Å². The summed E-state index contributed by atoms with van der Waals surface area (Å²) in [5.74, 6) is -0.689. The maximum absolute atomic E-state index is 13.3. The van der Waals surface area contributed by atoms with Gasteiger partial charge in [-0.2, -0.15) is 5.10 Å². The molecule has 0 unspecified atom stereocenters. The van der Waals surface area contributed by atoms with Crippen molar-refractivity contribution in [3.05, 3.63) is 120 Å². The number of amides is 1. The van der Waals surface area contributed by atoms with Crippen LogP contribution in [-0.4, -0.2) is 23.1 Å². The predicted molar refractivity (Wildman–Crippen MR) is 165 cm³/mol. The lowest BCUT2D eigenvalue weighted by Gasteiger charge is -2.08. The van der Waals surface area contributed by atoms with Crippen LogP contribution in [0, 0.1) is 0 Å². The van der Waals surface area contributed by atoms with E-state index in [0.717, 1.165) is 24.4 Å². The molecule has 5 aromatic rings. The average Bonchev–Trinajstić information content (AvgIpc) is 3.31. The highest BCUT2D eigenvalue weighted by atomic mass is 79.9. The number of carbonyl (C=O) groups is 2. The summed E-state index contributed by atoms with van der Waals surface area (Å²) >= 11 is 16.7. The Labute approximate surface area is 253 Å². The maximum atomic E-state index is 13.3. The molecular weight excluding hydrogens is 714 g/mol. The molecule has 6 nitrogen and oxygen atoms in total. The third-order valence-electron chi connectivity index (χ3n) is 5.74. The molecule has 5 rings (SSSR count). The van der Waals surface area contributed by atoms with Gasteiger partial charge in [-0.3, -0.25) is 4.79 Å². The fourth-order valence-corrected chi connectivity index (χ4v) is 5.47. The fourth-order valence-electron chi connectivity index (χ4n) is 3.97. The number of ether oxygens (including phenoxy) is 1. The zero-order valence-electron chi connectivity index (χ0n) is 19.8. The van der Waals surface area contributed by atoms with Crippen molar-refractivity contribution in [2.75, 3.05) is 0 Å². The zero-order valence-corrected chi connectivity index (χ0v) is 25.4. The molecular formula is C29H17Br3ClN3O3. The first-order valence-corrected chi connectivity index (χ1v) is 14.2. The summed E-state index contributed by atoms with van der Waals surface area (Å²) < 4.78 is 8.00. The molecule has 0 radical (unpaired) electrons. The summed E-state index contributed by atoms with van der Waals surface area (Å²) in [5.41, 5.74) is 5.96. The van der Waals surface area contributed by atoms with Crippen LogP contribution in [0.15, 0.2) is 103 Å². The Morgan fingerprint density at radius 1 is 0.872 bits per heavy atom. The predicted octanol–water partition coefficient (Wildman–Crippen LogP) is 8.76. The first-order chi connectivity index (χ1) is 18.8. The third-order valence-corrected chi connectivity index (χ3v) is 7.52. The van der Waals surface area contributed by atoms with Gasteiger partial charge in [-0.25, -0.2) is 10.2 Å². The Morgan fingerprint density at radius 2 is 1.59 bits per heavy atom. The van der Waals surface area contributed by atoms with Gasteiger partial charge in [-0.05, 0) is 60.2 Å². The number of H-pyrrole nitrogens is 1. The van der Waals surface area contributed by atoms with Crippen molar-refractivity contribution in [3.8, 4) is 16.9 Å². The van der Waals surface area contributed by atoms with Gasteiger partial charge in [0.2, 0.25) is 0 Å². The Kier molecular flexibility index (Phi) is 8.32. The van der Waals surface area contributed by atoms with Crippen LogP contribution in [-0.2, 0) is 0 Å². The lowest BCUT2D eigenvalue weighted by atomic mass is 10.0. The molecule has 10 heteroatoms. The molecule has 0 aliphatic carbocycles. The Bertz CT molecular complexity index is 1740. The van der Waals surface area contributed by atoms with E-state index in [2.05, 4.69) is 63.3 Å². The van der Waals surface area contributed by atoms with Crippen LogP contribution in [0.25, 0.3) is 22.0 Å². The van der Waals surface area contributed by atoms with Crippen molar-refractivity contribution >= 4 is 88.4 Å². The van der Waals surface area contributed by atoms with Crippen molar-refractivity contribution in [2.45, 2.75) is 0 Å². The summed E-state index contributed by atoms with van der Waals surface area (Å²) in [6.07, 6.45) is 1.42. The van der Waals surface area contributed by atoms with E-state index in [-0.39, 0.29) is 5.75 Å². The van der Waals surface area contributed by atoms with Gasteiger partial charge in [-0.15, -0.1) is 0 Å². The third kappa shape index (κ3) is 6.17. The van der Waals surface area contributed by atoms with E-state index >= 15 is 0 Å². The topological polar surface area (TPSA) is 83.5 Å². The van der Waals surface area contributed by atoms with Gasteiger partial charge in [0.1, 0.15) is 11.4 Å². The monoisotopic (exact) mass is 727 g/mol. The molecule has 0 saturated heterocycles. The molecule has 0 aliphatic heterocycles. The van der Waals surface area contributed by atoms with Gasteiger partial charge < -0.3 is 9.72 Å². The van der Waals surface area contributed by atoms with Crippen LogP contribution in [0.5, 0.6) is 5.75 Å². The number of aromatic amines is 1. The second kappa shape index (κ2) is 11.9. The normalized spacial score (nSPS) is 11.2. The first-order valence-electron chi connectivity index (χ1n) is 11.5. The zero-order chi connectivity index (χ0) is 27.5. The number of aromatic nitrogens is 1. The molecule has 194 valence electrons. The molecule has 4 aromatic carbocycles. The lowest BCUT2D eigenvalue weighted by Crippen LogP contribution is -2.19. The molecule has 2 N–H and O–H groups in total. The number of esters is 1. The molecule has 0 fully saturated rings. The van der Waals surface area contributed by atoms with Crippen molar-refractivity contribution in [1.29, 1.82) is 0 Å². The molecule has 0 bridgehead atoms. The standard InChI is InChI=1S/C29H17Br3ClN3O3/c30-19-8-6-17(7-9-19)29(38)39-24-11-10-20(31)12-18(24)15-34-36-28(37)27-25(16-4-2-1-3-5-16)22-13-21(32)14-23(33)26(22)35-27/h1-15,35H,(H,36,37). The Balaban J connectivity index is 1.43. The number of fused-ring (bicyclic) bond motifs is 1. The van der Waals surface area contributed by atoms with Gasteiger partial charge >= 0.3 is 5.97 Å². The maximum Gasteiger partial charge on any atom is 0.343 e. The molecule has 1 aromatic heterocycles. The number of nitrogens with one attached hydrogen (secondary N) is 2. The van der Waals surface area contributed by atoms with Crippen molar-refractivity contribution in [3.63, 3.8) is 0 Å². The Morgan fingerprint density at radius 3 is 2.33 bits per heavy atom. The van der Waals surface area contributed by atoms with E-state index in [1.54, 1.807) is 48.5 Å². The van der Waals surface area contributed by atoms with E-state index in [4.69, 9.17) is 16.3 Å². The molecule has 0 spiro atoms. The average molecular weight is 731 g/mol. The highest BCUT2D eigenvalue weighted by Crippen LogP contribution is 2.37. The summed E-state index contributed by atoms with van der Waals surface area (Å²) in [6, 6.07) is 25.2. The Hall–Kier alpha value is -3.24. The van der Waals surface area contributed by atoms with Crippen LogP contribution in [0.3, 0.4) is 0 Å². The van der Waals surface area contributed by atoms with Crippen molar-refractivity contribution < 1.29 is 14.3 Å². The molecule has 0 atom stereocenters. The second-order valence-corrected chi connectivity index (χ2v) is 11.5. The van der Waals surface area contributed by atoms with E-state index < -0.39 is 11.9 Å². The second-order valence-electron chi connectivity index (χ2n) is 8.33. The van der Waals surface area contributed by atoms with Gasteiger partial charge in [0.25, 0.3) is 5.91 Å². The SMILES string of the molecule is O=C(Oc1ccc(Br)cc1C=NNC(=O)c1[nH]c2c(Cl)cc(Br)cc2c1-c1ccccc1)c1ccc(Br)cc1. The number of benzene rings is 4. The number of hydrazone groups is 1. The largest absolute Gasteiger partial charge is 0.422 e. The number of hydrogen-bond acceptors (Lipinski definition) is 4. The molecule has 39 heavy (non-hydrogen) atoms. The molecule has 1 heterocycles. The van der Waals surface area contributed by atoms with Crippen molar-refractivity contribution in [1.82, 2.24) is 10.4 Å². The summed E-state index contributed by atoms with van der Waals surface area (Å²) in [5, 5.41) is 5.42. The van der Waals surface area contributed by atoms with Crippen LogP contribution in [0.1, 0.15) is 26.4 Å². The van der Waals surface area contributed by atoms with Gasteiger partial charge in [0.05, 0.1) is 22.3 Å². The van der Waals surface area contributed by atoms with Gasteiger partial charge in [0, 0.05) is 29.9 Å². The molecule has 0 aliphatic rings. The lowest BCUT2D eigenvalue weighted by molar-refractivity contribution is 0.0734. The number of nitrogens with zero attached hydrogens (tertiary/aromatic N) is 1. The van der Waals surface area contributed by atoms with Crippen LogP contribution in [0.4, 0.5) is 0 Å². The minimum atomic E-state index is -0.517. The summed E-state index contributed by atoms with van der Waals surface area (Å²) in [6.45, 7) is 0. The minimum absolute atomic E-state index is 0.288. The summed E-state index contributed by atoms with van der Waals surface area (Å²) in [7, 11) is 0. The number of halogens is 4. The highest BCUT2D eigenvalue weighted by Gasteiger charge is 2.21. The fraction of sp³-hybridized carbons (Fsp3) is 0. The highest BCUT2D eigenvalue weighted by molar-refractivity contribution is 9.11. The van der Waals surface area contributed by atoms with Crippen LogP contribution >= 0.6 is 59.4 Å². The van der Waals surface area contributed by atoms with Gasteiger partial charge in [0.15, 0.2) is 0 Å². The molecule has 0 saturated carbocycles.